The third-order valence-electron chi connectivity index (χ3n) is 3.15. The Bertz CT molecular complexity index is 446. The Morgan fingerprint density at radius 1 is 1.72 bits per heavy atom. The normalized spacial score (nSPS) is 21.3. The fourth-order valence-corrected chi connectivity index (χ4v) is 3.22. The Morgan fingerprint density at radius 2 is 2.44 bits per heavy atom. The van der Waals surface area contributed by atoms with E-state index in [-0.39, 0.29) is 18.2 Å². The molecule has 2 rings (SSSR count). The van der Waals surface area contributed by atoms with Gasteiger partial charge in [-0.25, -0.2) is 0 Å². The number of hydrogen-bond acceptors (Lipinski definition) is 6. The second-order valence-corrected chi connectivity index (χ2v) is 5.62. The first kappa shape index (κ1) is 13.3. The molecule has 1 aromatic heterocycles. The molecular formula is C11H16N2O4S. The highest BCUT2D eigenvalue weighted by molar-refractivity contribution is 7.16. The Labute approximate surface area is 109 Å². The lowest BCUT2D eigenvalue weighted by Gasteiger charge is -2.15. The summed E-state index contributed by atoms with van der Waals surface area (Å²) in [4.78, 5) is 13.1. The number of aliphatic hydroxyl groups excluding tert-OH is 2. The molecule has 1 fully saturated rings. The molecule has 0 aliphatic carbocycles. The molecule has 0 amide bonds. The van der Waals surface area contributed by atoms with Crippen molar-refractivity contribution in [3.05, 3.63) is 21.1 Å². The summed E-state index contributed by atoms with van der Waals surface area (Å²) in [6, 6.07) is 1.44. The number of anilines is 1. The molecule has 0 saturated carbocycles. The highest BCUT2D eigenvalue weighted by Gasteiger charge is 2.30. The van der Waals surface area contributed by atoms with Gasteiger partial charge in [0.15, 0.2) is 5.00 Å². The van der Waals surface area contributed by atoms with Crippen molar-refractivity contribution in [2.75, 3.05) is 24.6 Å². The van der Waals surface area contributed by atoms with Crippen LogP contribution in [0.3, 0.4) is 0 Å². The van der Waals surface area contributed by atoms with Crippen LogP contribution in [-0.2, 0) is 0 Å². The van der Waals surface area contributed by atoms with Crippen molar-refractivity contribution in [3.8, 4) is 0 Å². The van der Waals surface area contributed by atoms with Gasteiger partial charge in [-0.1, -0.05) is 0 Å². The van der Waals surface area contributed by atoms with Crippen LogP contribution in [0.5, 0.6) is 0 Å². The minimum atomic E-state index is -0.696. The SMILES string of the molecule is C[C@H](O)c1cc([N+](=O)[O-])c(N2CCC(CO)C2)s1. The molecule has 0 bridgehead atoms. The monoisotopic (exact) mass is 272 g/mol. The fourth-order valence-electron chi connectivity index (χ4n) is 2.12. The number of aliphatic hydroxyl groups is 2. The zero-order valence-electron chi connectivity index (χ0n) is 10.1. The highest BCUT2D eigenvalue weighted by Crippen LogP contribution is 2.41. The number of nitrogens with zero attached hydrogens (tertiary/aromatic N) is 2. The van der Waals surface area contributed by atoms with Crippen LogP contribution in [0.15, 0.2) is 6.07 Å². The van der Waals surface area contributed by atoms with Crippen molar-refractivity contribution < 1.29 is 15.1 Å². The van der Waals surface area contributed by atoms with Crippen molar-refractivity contribution in [1.29, 1.82) is 0 Å². The van der Waals surface area contributed by atoms with E-state index < -0.39 is 11.0 Å². The van der Waals surface area contributed by atoms with Gasteiger partial charge < -0.3 is 15.1 Å². The zero-order valence-corrected chi connectivity index (χ0v) is 10.9. The van der Waals surface area contributed by atoms with E-state index in [4.69, 9.17) is 5.11 Å². The molecule has 1 saturated heterocycles. The molecule has 0 radical (unpaired) electrons. The third kappa shape index (κ3) is 2.47. The van der Waals surface area contributed by atoms with Crippen LogP contribution in [0.4, 0.5) is 10.7 Å². The molecule has 2 heterocycles. The lowest BCUT2D eigenvalue weighted by atomic mass is 10.1. The maximum Gasteiger partial charge on any atom is 0.304 e. The molecule has 1 aliphatic heterocycles. The van der Waals surface area contributed by atoms with Gasteiger partial charge in [-0.3, -0.25) is 10.1 Å². The predicted molar refractivity (Wildman–Crippen MR) is 69.0 cm³/mol. The van der Waals surface area contributed by atoms with Crippen molar-refractivity contribution in [1.82, 2.24) is 0 Å². The summed E-state index contributed by atoms with van der Waals surface area (Å²) in [6.07, 6.45) is 0.147. The first-order valence-electron chi connectivity index (χ1n) is 5.85. The summed E-state index contributed by atoms with van der Waals surface area (Å²) >= 11 is 1.26. The molecular weight excluding hydrogens is 256 g/mol. The number of rotatable bonds is 4. The van der Waals surface area contributed by atoms with Crippen molar-refractivity contribution in [2.24, 2.45) is 5.92 Å². The first-order chi connectivity index (χ1) is 8.52. The molecule has 7 heteroatoms. The smallest absolute Gasteiger partial charge is 0.304 e. The maximum atomic E-state index is 11.0. The van der Waals surface area contributed by atoms with Crippen LogP contribution in [-0.4, -0.2) is 34.8 Å². The molecule has 1 aromatic rings. The van der Waals surface area contributed by atoms with Gasteiger partial charge in [-0.2, -0.15) is 0 Å². The zero-order chi connectivity index (χ0) is 13.3. The van der Waals surface area contributed by atoms with Crippen LogP contribution >= 0.6 is 11.3 Å². The Hall–Kier alpha value is -1.18. The van der Waals surface area contributed by atoms with E-state index in [1.54, 1.807) is 6.92 Å². The summed E-state index contributed by atoms with van der Waals surface area (Å²) in [6.45, 7) is 3.06. The van der Waals surface area contributed by atoms with E-state index in [2.05, 4.69) is 0 Å². The van der Waals surface area contributed by atoms with Gasteiger partial charge in [-0.05, 0) is 13.3 Å². The molecule has 0 spiro atoms. The van der Waals surface area contributed by atoms with E-state index in [9.17, 15) is 15.2 Å². The van der Waals surface area contributed by atoms with E-state index in [0.29, 0.717) is 23.0 Å². The van der Waals surface area contributed by atoms with Crippen LogP contribution < -0.4 is 4.90 Å². The Kier molecular flexibility index (Phi) is 3.84. The van der Waals surface area contributed by atoms with Crippen LogP contribution in [0.25, 0.3) is 0 Å². The van der Waals surface area contributed by atoms with Crippen molar-refractivity contribution in [2.45, 2.75) is 19.4 Å². The molecule has 2 N–H and O–H groups in total. The molecule has 18 heavy (non-hydrogen) atoms. The highest BCUT2D eigenvalue weighted by atomic mass is 32.1. The number of hydrogen-bond donors (Lipinski definition) is 2. The second-order valence-electron chi connectivity index (χ2n) is 4.56. The van der Waals surface area contributed by atoms with Gasteiger partial charge >= 0.3 is 5.69 Å². The van der Waals surface area contributed by atoms with Gasteiger partial charge in [0.25, 0.3) is 0 Å². The Balaban J connectivity index is 2.28. The van der Waals surface area contributed by atoms with Gasteiger partial charge in [0.2, 0.25) is 0 Å². The molecule has 6 nitrogen and oxygen atoms in total. The minimum Gasteiger partial charge on any atom is -0.396 e. The first-order valence-corrected chi connectivity index (χ1v) is 6.66. The van der Waals surface area contributed by atoms with Gasteiger partial charge in [0, 0.05) is 36.6 Å². The van der Waals surface area contributed by atoms with E-state index in [0.717, 1.165) is 6.42 Å². The van der Waals surface area contributed by atoms with Crippen LogP contribution in [0.2, 0.25) is 0 Å². The lowest BCUT2D eigenvalue weighted by Crippen LogP contribution is -2.20. The topological polar surface area (TPSA) is 86.8 Å². The largest absolute Gasteiger partial charge is 0.396 e. The summed E-state index contributed by atoms with van der Waals surface area (Å²) in [5, 5.41) is 30.2. The fraction of sp³-hybridized carbons (Fsp3) is 0.636. The van der Waals surface area contributed by atoms with Crippen LogP contribution in [0, 0.1) is 16.0 Å². The summed E-state index contributed by atoms with van der Waals surface area (Å²) in [5.41, 5.74) is 0.0505. The number of nitro groups is 1. The summed E-state index contributed by atoms with van der Waals surface area (Å²) in [5.74, 6) is 0.182. The predicted octanol–water partition coefficient (Wildman–Crippen LogP) is 1.53. The molecule has 100 valence electrons. The standard InChI is InChI=1S/C11H16N2O4S/c1-7(15)10-4-9(13(16)17)11(18-10)12-3-2-8(5-12)6-14/h4,7-8,14-15H,2-3,5-6H2,1H3/t7-,8?/m0/s1. The van der Waals surface area contributed by atoms with Crippen molar-refractivity contribution >= 4 is 22.0 Å². The van der Waals surface area contributed by atoms with Crippen molar-refractivity contribution in [3.63, 3.8) is 0 Å². The second kappa shape index (κ2) is 5.21. The van der Waals surface area contributed by atoms with Gasteiger partial charge in [0.05, 0.1) is 11.0 Å². The molecule has 0 aromatic carbocycles. The lowest BCUT2D eigenvalue weighted by molar-refractivity contribution is -0.383. The Morgan fingerprint density at radius 3 is 2.94 bits per heavy atom. The molecule has 1 unspecified atom stereocenters. The maximum absolute atomic E-state index is 11.0. The summed E-state index contributed by atoms with van der Waals surface area (Å²) in [7, 11) is 0. The average Bonchev–Trinajstić information content (AvgIpc) is 2.95. The average molecular weight is 272 g/mol. The van der Waals surface area contributed by atoms with Gasteiger partial charge in [-0.15, -0.1) is 11.3 Å². The summed E-state index contributed by atoms with van der Waals surface area (Å²) < 4.78 is 0. The van der Waals surface area contributed by atoms with E-state index in [1.165, 1.54) is 17.4 Å². The van der Waals surface area contributed by atoms with Crippen LogP contribution in [0.1, 0.15) is 24.3 Å². The van der Waals surface area contributed by atoms with E-state index in [1.807, 2.05) is 4.90 Å². The van der Waals surface area contributed by atoms with E-state index >= 15 is 0 Å². The minimum absolute atomic E-state index is 0.0505. The quantitative estimate of drug-likeness (QED) is 0.641. The molecule has 1 aliphatic rings. The molecule has 2 atom stereocenters. The third-order valence-corrected chi connectivity index (χ3v) is 4.51. The van der Waals surface area contributed by atoms with Gasteiger partial charge in [0.1, 0.15) is 0 Å². The number of thiophene rings is 1.